The molecule has 2 nitrogen and oxygen atoms in total. The zero-order chi connectivity index (χ0) is 13.0. The van der Waals surface area contributed by atoms with Gasteiger partial charge >= 0.3 is 0 Å². The van der Waals surface area contributed by atoms with Gasteiger partial charge in [-0.15, -0.1) is 0 Å². The molecular formula is C14H17Cl2NO. The summed E-state index contributed by atoms with van der Waals surface area (Å²) < 4.78 is 5.66. The summed E-state index contributed by atoms with van der Waals surface area (Å²) in [7, 11) is 0. The number of hydrogen-bond donors (Lipinski definition) is 1. The first-order valence-electron chi connectivity index (χ1n) is 6.23. The van der Waals surface area contributed by atoms with E-state index < -0.39 is 0 Å². The number of hydrogen-bond acceptors (Lipinski definition) is 2. The van der Waals surface area contributed by atoms with Crippen LogP contribution in [0.2, 0.25) is 10.0 Å². The van der Waals surface area contributed by atoms with Gasteiger partial charge < -0.3 is 10.1 Å². The minimum Gasteiger partial charge on any atom is -0.496 e. The summed E-state index contributed by atoms with van der Waals surface area (Å²) in [6.07, 6.45) is 4.13. The zero-order valence-electron chi connectivity index (χ0n) is 10.4. The zero-order valence-corrected chi connectivity index (χ0v) is 11.9. The molecule has 1 aromatic rings. The monoisotopic (exact) mass is 285 g/mol. The molecule has 98 valence electrons. The molecule has 0 aliphatic carbocycles. The standard InChI is InChI=1S/C14H17Cl2NO/c1-2-7-17-14(13-4-3-8-18-13)11-9-10(15)5-6-12(11)16/h4-6,9,14,17H,2-3,7-8H2,1H3. The van der Waals surface area contributed by atoms with Crippen molar-refractivity contribution in [1.29, 1.82) is 0 Å². The minimum absolute atomic E-state index is 0.00125. The van der Waals surface area contributed by atoms with Crippen molar-refractivity contribution in [3.63, 3.8) is 0 Å². The lowest BCUT2D eigenvalue weighted by atomic mass is 10.0. The van der Waals surface area contributed by atoms with Gasteiger partial charge in [-0.3, -0.25) is 0 Å². The highest BCUT2D eigenvalue weighted by atomic mass is 35.5. The highest BCUT2D eigenvalue weighted by Crippen LogP contribution is 2.33. The van der Waals surface area contributed by atoms with Gasteiger partial charge in [0.1, 0.15) is 5.76 Å². The van der Waals surface area contributed by atoms with E-state index in [0.717, 1.165) is 37.3 Å². The average molecular weight is 286 g/mol. The SMILES string of the molecule is CCCNC(C1=CCCO1)c1cc(Cl)ccc1Cl. The molecule has 1 N–H and O–H groups in total. The Labute approximate surface area is 118 Å². The minimum atomic E-state index is -0.00125. The molecule has 0 aromatic heterocycles. The third kappa shape index (κ3) is 3.19. The Hall–Kier alpha value is -0.700. The molecule has 0 spiro atoms. The first-order chi connectivity index (χ1) is 8.72. The summed E-state index contributed by atoms with van der Waals surface area (Å²) in [4.78, 5) is 0. The van der Waals surface area contributed by atoms with Crippen molar-refractivity contribution in [3.8, 4) is 0 Å². The van der Waals surface area contributed by atoms with E-state index in [1.54, 1.807) is 6.07 Å². The predicted octanol–water partition coefficient (Wildman–Crippen LogP) is 4.34. The van der Waals surface area contributed by atoms with Gasteiger partial charge in [0.05, 0.1) is 12.6 Å². The topological polar surface area (TPSA) is 21.3 Å². The van der Waals surface area contributed by atoms with Crippen LogP contribution in [0.1, 0.15) is 31.4 Å². The molecule has 0 radical (unpaired) electrons. The molecule has 0 saturated heterocycles. The van der Waals surface area contributed by atoms with Crippen molar-refractivity contribution in [2.24, 2.45) is 0 Å². The highest BCUT2D eigenvalue weighted by Gasteiger charge is 2.22. The van der Waals surface area contributed by atoms with Crippen molar-refractivity contribution in [2.45, 2.75) is 25.8 Å². The maximum absolute atomic E-state index is 6.27. The van der Waals surface area contributed by atoms with Gasteiger partial charge in [-0.25, -0.2) is 0 Å². The fraction of sp³-hybridized carbons (Fsp3) is 0.429. The third-order valence-electron chi connectivity index (χ3n) is 2.88. The number of ether oxygens (including phenoxy) is 1. The van der Waals surface area contributed by atoms with Gasteiger partial charge in [0.15, 0.2) is 0 Å². The summed E-state index contributed by atoms with van der Waals surface area (Å²) in [5.41, 5.74) is 0.978. The second kappa shape index (κ2) is 6.46. The van der Waals surface area contributed by atoms with Crippen molar-refractivity contribution in [3.05, 3.63) is 45.6 Å². The van der Waals surface area contributed by atoms with Crippen LogP contribution < -0.4 is 5.32 Å². The van der Waals surface area contributed by atoms with Crippen LogP contribution >= 0.6 is 23.2 Å². The van der Waals surface area contributed by atoms with Crippen LogP contribution in [0.4, 0.5) is 0 Å². The predicted molar refractivity (Wildman–Crippen MR) is 76.1 cm³/mol. The van der Waals surface area contributed by atoms with E-state index >= 15 is 0 Å². The molecule has 0 bridgehead atoms. The summed E-state index contributed by atoms with van der Waals surface area (Å²) >= 11 is 12.3. The van der Waals surface area contributed by atoms with Gasteiger partial charge in [-0.2, -0.15) is 0 Å². The summed E-state index contributed by atoms with van der Waals surface area (Å²) in [6.45, 7) is 3.79. The smallest absolute Gasteiger partial charge is 0.114 e. The Morgan fingerprint density at radius 2 is 2.22 bits per heavy atom. The molecule has 1 aromatic carbocycles. The average Bonchev–Trinajstić information content (AvgIpc) is 2.88. The first kappa shape index (κ1) is 13.7. The van der Waals surface area contributed by atoms with E-state index in [1.165, 1.54) is 0 Å². The number of nitrogens with one attached hydrogen (secondary N) is 1. The lowest BCUT2D eigenvalue weighted by Gasteiger charge is -2.21. The maximum atomic E-state index is 6.27. The Morgan fingerprint density at radius 3 is 2.89 bits per heavy atom. The van der Waals surface area contributed by atoms with E-state index in [0.29, 0.717) is 10.0 Å². The van der Waals surface area contributed by atoms with Gasteiger partial charge in [0, 0.05) is 16.5 Å². The first-order valence-corrected chi connectivity index (χ1v) is 6.99. The van der Waals surface area contributed by atoms with Gasteiger partial charge in [0.25, 0.3) is 0 Å². The third-order valence-corrected chi connectivity index (χ3v) is 3.46. The van der Waals surface area contributed by atoms with Crippen LogP contribution in [0.15, 0.2) is 30.0 Å². The molecule has 1 aliphatic rings. The molecular weight excluding hydrogens is 269 g/mol. The normalized spacial score (nSPS) is 16.3. The van der Waals surface area contributed by atoms with E-state index in [9.17, 15) is 0 Å². The van der Waals surface area contributed by atoms with Crippen LogP contribution in [0, 0.1) is 0 Å². The molecule has 2 rings (SSSR count). The second-order valence-electron chi connectivity index (χ2n) is 4.30. The molecule has 0 saturated carbocycles. The van der Waals surface area contributed by atoms with Crippen molar-refractivity contribution in [2.75, 3.05) is 13.2 Å². The van der Waals surface area contributed by atoms with E-state index in [2.05, 4.69) is 18.3 Å². The van der Waals surface area contributed by atoms with E-state index in [4.69, 9.17) is 27.9 Å². The molecule has 1 heterocycles. The molecule has 0 fully saturated rings. The number of benzene rings is 1. The van der Waals surface area contributed by atoms with Crippen molar-refractivity contribution >= 4 is 23.2 Å². The summed E-state index contributed by atoms with van der Waals surface area (Å²) in [5.74, 6) is 0.951. The highest BCUT2D eigenvalue weighted by molar-refractivity contribution is 6.33. The Balaban J connectivity index is 2.29. The molecule has 18 heavy (non-hydrogen) atoms. The van der Waals surface area contributed by atoms with E-state index in [-0.39, 0.29) is 6.04 Å². The van der Waals surface area contributed by atoms with Crippen molar-refractivity contribution in [1.82, 2.24) is 5.32 Å². The maximum Gasteiger partial charge on any atom is 0.114 e. The molecule has 0 amide bonds. The van der Waals surface area contributed by atoms with Gasteiger partial charge in [0.2, 0.25) is 0 Å². The number of rotatable bonds is 5. The fourth-order valence-corrected chi connectivity index (χ4v) is 2.43. The lowest BCUT2D eigenvalue weighted by Crippen LogP contribution is -2.24. The summed E-state index contributed by atoms with van der Waals surface area (Å²) in [5, 5.41) is 4.86. The molecule has 4 heteroatoms. The fourth-order valence-electron chi connectivity index (χ4n) is 2.03. The molecule has 1 atom stereocenters. The van der Waals surface area contributed by atoms with Gasteiger partial charge in [-0.1, -0.05) is 30.1 Å². The van der Waals surface area contributed by atoms with Crippen LogP contribution in [-0.2, 0) is 4.74 Å². The largest absolute Gasteiger partial charge is 0.496 e. The lowest BCUT2D eigenvalue weighted by molar-refractivity contribution is 0.215. The molecule has 1 unspecified atom stereocenters. The quantitative estimate of drug-likeness (QED) is 0.869. The summed E-state index contributed by atoms with van der Waals surface area (Å²) in [6, 6.07) is 5.53. The molecule has 1 aliphatic heterocycles. The van der Waals surface area contributed by atoms with Crippen LogP contribution in [0.25, 0.3) is 0 Å². The van der Waals surface area contributed by atoms with Crippen LogP contribution in [0.5, 0.6) is 0 Å². The van der Waals surface area contributed by atoms with Gasteiger partial charge in [-0.05, 0) is 42.8 Å². The van der Waals surface area contributed by atoms with E-state index in [1.807, 2.05) is 12.1 Å². The van der Waals surface area contributed by atoms with Crippen LogP contribution in [-0.4, -0.2) is 13.2 Å². The Bertz CT molecular complexity index is 445. The van der Waals surface area contributed by atoms with Crippen LogP contribution in [0.3, 0.4) is 0 Å². The Kier molecular flexibility index (Phi) is 4.93. The number of halogens is 2. The Morgan fingerprint density at radius 1 is 1.39 bits per heavy atom. The van der Waals surface area contributed by atoms with Crippen molar-refractivity contribution < 1.29 is 4.74 Å². The second-order valence-corrected chi connectivity index (χ2v) is 5.14.